The van der Waals surface area contributed by atoms with Gasteiger partial charge in [0.2, 0.25) is 5.91 Å². The second-order valence-corrected chi connectivity index (χ2v) is 11.6. The summed E-state index contributed by atoms with van der Waals surface area (Å²) in [6.45, 7) is 6.36. The van der Waals surface area contributed by atoms with Gasteiger partial charge in [0.15, 0.2) is 6.73 Å². The number of pyridine rings is 1. The first-order chi connectivity index (χ1) is 16.7. The number of rotatable bonds is 7. The van der Waals surface area contributed by atoms with Crippen LogP contribution in [0, 0.1) is 13.8 Å². The molecule has 1 fully saturated rings. The van der Waals surface area contributed by atoms with E-state index in [0.717, 1.165) is 52.1 Å². The minimum absolute atomic E-state index is 0.0374. The predicted molar refractivity (Wildman–Crippen MR) is 141 cm³/mol. The number of fused-ring (bicyclic) bond motifs is 1. The Morgan fingerprint density at radius 1 is 1.14 bits per heavy atom. The van der Waals surface area contributed by atoms with Crippen LogP contribution in [0.25, 0.3) is 11.1 Å². The molecule has 7 nitrogen and oxygen atoms in total. The van der Waals surface area contributed by atoms with Crippen LogP contribution in [-0.2, 0) is 10.2 Å². The fourth-order valence-electron chi connectivity index (χ4n) is 4.66. The minimum Gasteiger partial charge on any atom is -0.471 e. The Morgan fingerprint density at radius 3 is 2.57 bits per heavy atom. The summed E-state index contributed by atoms with van der Waals surface area (Å²) >= 11 is 0. The van der Waals surface area contributed by atoms with E-state index in [0.29, 0.717) is 29.6 Å². The van der Waals surface area contributed by atoms with Gasteiger partial charge in [0, 0.05) is 17.5 Å². The summed E-state index contributed by atoms with van der Waals surface area (Å²) in [5, 5.41) is 6.27. The number of carbonyl (C=O) groups is 1. The maximum absolute atomic E-state index is 13.4. The van der Waals surface area contributed by atoms with Gasteiger partial charge in [0.25, 0.3) is 0 Å². The average molecular weight is 494 g/mol. The number of nitrogens with zero attached hydrogens (tertiary/aromatic N) is 1. The molecule has 0 bridgehead atoms. The van der Waals surface area contributed by atoms with E-state index in [1.54, 1.807) is 18.3 Å². The van der Waals surface area contributed by atoms with Crippen molar-refractivity contribution in [3.8, 4) is 16.9 Å². The molecule has 1 amide bonds. The number of ether oxygens (including phenoxy) is 1. The Balaban J connectivity index is 1.36. The number of amides is 1. The highest BCUT2D eigenvalue weighted by Gasteiger charge is 2.51. The lowest BCUT2D eigenvalue weighted by molar-refractivity contribution is -0.118. The quantitative estimate of drug-likeness (QED) is 0.307. The van der Waals surface area contributed by atoms with Crippen molar-refractivity contribution in [1.29, 1.82) is 0 Å². The van der Waals surface area contributed by atoms with E-state index in [1.165, 1.54) is 0 Å². The minimum atomic E-state index is -2.76. The van der Waals surface area contributed by atoms with Crippen molar-refractivity contribution >= 4 is 28.0 Å². The van der Waals surface area contributed by atoms with E-state index in [9.17, 15) is 13.9 Å². The summed E-state index contributed by atoms with van der Waals surface area (Å²) in [5.74, 6) is 1.71. The molecular weight excluding hydrogens is 462 g/mol. The molecule has 35 heavy (non-hydrogen) atoms. The van der Waals surface area contributed by atoms with Crippen LogP contribution in [0.2, 0.25) is 0 Å². The normalized spacial score (nSPS) is 16.1. The lowest BCUT2D eigenvalue weighted by Crippen LogP contribution is -2.28. The van der Waals surface area contributed by atoms with Crippen molar-refractivity contribution < 1.29 is 18.6 Å². The number of hydrogen-bond acceptors (Lipinski definition) is 6. The van der Waals surface area contributed by atoms with Crippen LogP contribution in [0.15, 0.2) is 53.6 Å². The topological polar surface area (TPSA) is 104 Å². The van der Waals surface area contributed by atoms with Crippen LogP contribution in [0.5, 0.6) is 5.75 Å². The molecule has 8 heteroatoms. The molecular formula is C27H31N3O4S. The largest absolute Gasteiger partial charge is 0.471 e. The van der Waals surface area contributed by atoms with Crippen LogP contribution >= 0.6 is 10.6 Å². The zero-order valence-corrected chi connectivity index (χ0v) is 21.0. The highest BCUT2D eigenvalue weighted by atomic mass is 32.3. The monoisotopic (exact) mass is 493 g/mol. The van der Waals surface area contributed by atoms with Gasteiger partial charge in [-0.1, -0.05) is 25.1 Å². The van der Waals surface area contributed by atoms with Gasteiger partial charge in [0.05, 0.1) is 16.0 Å². The average Bonchev–Trinajstić information content (AvgIpc) is 3.53. The molecule has 4 N–H and O–H groups in total. The third-order valence-corrected chi connectivity index (χ3v) is 9.12. The Labute approximate surface area is 207 Å². The van der Waals surface area contributed by atoms with E-state index < -0.39 is 16.0 Å². The Hall–Kier alpha value is -3.07. The zero-order chi connectivity index (χ0) is 24.8. The standard InChI is InChI=1S/C27H31N3O4S/c1-4-13-35(32,33)21-8-5-19(6-9-21)22-15-28-25(18(3)17(22)2)30-26(31)27(11-12-27)20-7-10-24-23(14-20)29-16-34-24/h5-10,14-15,29,32-33H,4,11-13,16H2,1-3H3,(H,28,30,31). The van der Waals surface area contributed by atoms with Crippen molar-refractivity contribution in [3.05, 3.63) is 65.4 Å². The maximum Gasteiger partial charge on any atom is 0.236 e. The Morgan fingerprint density at radius 2 is 1.89 bits per heavy atom. The van der Waals surface area contributed by atoms with E-state index in [-0.39, 0.29) is 5.91 Å². The molecule has 1 saturated carbocycles. The molecule has 2 aromatic carbocycles. The van der Waals surface area contributed by atoms with Crippen LogP contribution < -0.4 is 15.4 Å². The van der Waals surface area contributed by atoms with Crippen molar-refractivity contribution in [3.63, 3.8) is 0 Å². The van der Waals surface area contributed by atoms with Crippen molar-refractivity contribution in [2.75, 3.05) is 23.1 Å². The van der Waals surface area contributed by atoms with E-state index in [2.05, 4.69) is 15.6 Å². The third kappa shape index (κ3) is 4.26. The lowest BCUT2D eigenvalue weighted by atomic mass is 9.94. The van der Waals surface area contributed by atoms with E-state index >= 15 is 0 Å². The van der Waals surface area contributed by atoms with Gasteiger partial charge in [-0.15, -0.1) is 0 Å². The van der Waals surface area contributed by atoms with Crippen molar-refractivity contribution in [1.82, 2.24) is 4.98 Å². The summed E-state index contributed by atoms with van der Waals surface area (Å²) in [6, 6.07) is 13.3. The SMILES string of the molecule is CCCS(O)(O)c1ccc(-c2cnc(NC(=O)C3(c4ccc5c(c4)NCO5)CC3)c(C)c2C)cc1. The summed E-state index contributed by atoms with van der Waals surface area (Å²) in [6.07, 6.45) is 4.09. The van der Waals surface area contributed by atoms with Gasteiger partial charge in [-0.2, -0.15) is 10.6 Å². The number of anilines is 2. The number of hydrogen-bond donors (Lipinski definition) is 4. The molecule has 0 saturated heterocycles. The Kier molecular flexibility index (Phi) is 5.99. The first-order valence-corrected chi connectivity index (χ1v) is 13.6. The van der Waals surface area contributed by atoms with Gasteiger partial charge in [-0.05, 0) is 79.6 Å². The second-order valence-electron chi connectivity index (χ2n) is 9.38. The first kappa shape index (κ1) is 23.7. The van der Waals surface area contributed by atoms with E-state index in [1.807, 2.05) is 51.1 Å². The molecule has 0 unspecified atom stereocenters. The molecule has 1 aliphatic carbocycles. The molecule has 5 rings (SSSR count). The highest BCUT2D eigenvalue weighted by molar-refractivity contribution is 8.24. The summed E-state index contributed by atoms with van der Waals surface area (Å²) < 4.78 is 26.2. The molecule has 0 atom stereocenters. The van der Waals surface area contributed by atoms with Gasteiger partial charge >= 0.3 is 0 Å². The summed E-state index contributed by atoms with van der Waals surface area (Å²) in [4.78, 5) is 18.5. The number of carbonyl (C=O) groups excluding carboxylic acids is 1. The summed E-state index contributed by atoms with van der Waals surface area (Å²) in [5.41, 5.74) is 5.22. The van der Waals surface area contributed by atoms with Crippen molar-refractivity contribution in [2.24, 2.45) is 0 Å². The van der Waals surface area contributed by atoms with Gasteiger partial charge in [-0.3, -0.25) is 13.9 Å². The number of benzene rings is 2. The van der Waals surface area contributed by atoms with E-state index in [4.69, 9.17) is 4.74 Å². The second kappa shape index (κ2) is 8.86. The van der Waals surface area contributed by atoms with Gasteiger partial charge in [-0.25, -0.2) is 4.98 Å². The smallest absolute Gasteiger partial charge is 0.236 e. The van der Waals surface area contributed by atoms with Crippen LogP contribution in [0.4, 0.5) is 11.5 Å². The molecule has 2 aliphatic rings. The van der Waals surface area contributed by atoms with Crippen LogP contribution in [0.3, 0.4) is 0 Å². The Bertz CT molecular complexity index is 1290. The van der Waals surface area contributed by atoms with Gasteiger partial charge in [0.1, 0.15) is 11.6 Å². The molecule has 1 aromatic heterocycles. The highest BCUT2D eigenvalue weighted by Crippen LogP contribution is 2.51. The number of nitrogens with one attached hydrogen (secondary N) is 2. The molecule has 1 aliphatic heterocycles. The molecule has 0 spiro atoms. The predicted octanol–water partition coefficient (Wildman–Crippen LogP) is 6.32. The van der Waals surface area contributed by atoms with Gasteiger partial charge < -0.3 is 15.4 Å². The maximum atomic E-state index is 13.4. The molecule has 3 aromatic rings. The molecule has 184 valence electrons. The lowest BCUT2D eigenvalue weighted by Gasteiger charge is -2.32. The third-order valence-electron chi connectivity index (χ3n) is 7.12. The zero-order valence-electron chi connectivity index (χ0n) is 20.2. The fraction of sp³-hybridized carbons (Fsp3) is 0.333. The van der Waals surface area contributed by atoms with Crippen LogP contribution in [0.1, 0.15) is 42.9 Å². The number of aromatic nitrogens is 1. The fourth-order valence-corrected chi connectivity index (χ4v) is 6.03. The first-order valence-electron chi connectivity index (χ1n) is 11.9. The molecule has 0 radical (unpaired) electrons. The molecule has 2 heterocycles. The van der Waals surface area contributed by atoms with Crippen LogP contribution in [-0.4, -0.2) is 32.5 Å². The summed E-state index contributed by atoms with van der Waals surface area (Å²) in [7, 11) is -2.76. The van der Waals surface area contributed by atoms with Crippen molar-refractivity contribution in [2.45, 2.75) is 50.3 Å².